The predicted molar refractivity (Wildman–Crippen MR) is 113 cm³/mol. The lowest BCUT2D eigenvalue weighted by atomic mass is 10.2. The minimum absolute atomic E-state index is 0.0707. The van der Waals surface area contributed by atoms with Crippen LogP contribution in [0.15, 0.2) is 39.0 Å². The Hall–Kier alpha value is -2.67. The van der Waals surface area contributed by atoms with Crippen LogP contribution < -0.4 is 5.32 Å². The molecule has 0 bridgehead atoms. The molecule has 1 fully saturated rings. The zero-order valence-corrected chi connectivity index (χ0v) is 18.7. The van der Waals surface area contributed by atoms with Crippen LogP contribution in [0.3, 0.4) is 0 Å². The number of sulfonamides is 1. The number of rotatable bonds is 5. The topological polar surface area (TPSA) is 128 Å². The third-order valence-electron chi connectivity index (χ3n) is 4.62. The predicted octanol–water partition coefficient (Wildman–Crippen LogP) is 2.55. The molecule has 1 aromatic carbocycles. The van der Waals surface area contributed by atoms with Gasteiger partial charge in [0.25, 0.3) is 11.8 Å². The van der Waals surface area contributed by atoms with Gasteiger partial charge in [-0.1, -0.05) is 5.10 Å². The summed E-state index contributed by atoms with van der Waals surface area (Å²) in [6.45, 7) is 6.10. The molecule has 31 heavy (non-hydrogen) atoms. The second kappa shape index (κ2) is 8.46. The van der Waals surface area contributed by atoms with Crippen molar-refractivity contribution in [3.8, 4) is 11.6 Å². The number of carbonyl (C=O) groups excluding carboxylic acids is 1. The van der Waals surface area contributed by atoms with Gasteiger partial charge in [-0.2, -0.15) is 4.31 Å². The van der Waals surface area contributed by atoms with Crippen molar-refractivity contribution in [2.75, 3.05) is 18.4 Å². The van der Waals surface area contributed by atoms with E-state index in [-0.39, 0.29) is 47.7 Å². The van der Waals surface area contributed by atoms with Crippen LogP contribution in [0, 0.1) is 6.92 Å². The number of anilines is 1. The Kier molecular flexibility index (Phi) is 5.88. The highest BCUT2D eigenvalue weighted by Gasteiger charge is 2.32. The minimum atomic E-state index is -3.68. The highest BCUT2D eigenvalue weighted by molar-refractivity contribution is 7.89. The summed E-state index contributed by atoms with van der Waals surface area (Å²) < 4.78 is 38.3. The first-order valence-electron chi connectivity index (χ1n) is 9.55. The van der Waals surface area contributed by atoms with E-state index >= 15 is 0 Å². The quantitative estimate of drug-likeness (QED) is 0.611. The van der Waals surface area contributed by atoms with Crippen molar-refractivity contribution in [3.05, 3.63) is 40.2 Å². The molecule has 1 amide bonds. The first kappa shape index (κ1) is 21.6. The molecule has 2 unspecified atom stereocenters. The number of carbonyl (C=O) groups is 1. The molecular formula is C19H21N5O5S2. The van der Waals surface area contributed by atoms with E-state index in [1.54, 1.807) is 5.38 Å². The highest BCUT2D eigenvalue weighted by atomic mass is 32.2. The first-order valence-corrected chi connectivity index (χ1v) is 11.9. The van der Waals surface area contributed by atoms with E-state index in [0.717, 1.165) is 5.01 Å². The van der Waals surface area contributed by atoms with Crippen LogP contribution in [-0.2, 0) is 14.8 Å². The number of morpholine rings is 1. The van der Waals surface area contributed by atoms with Crippen molar-refractivity contribution in [2.24, 2.45) is 0 Å². The molecule has 2 aromatic heterocycles. The molecule has 0 spiro atoms. The fourth-order valence-electron chi connectivity index (χ4n) is 3.26. The van der Waals surface area contributed by atoms with E-state index in [0.29, 0.717) is 5.69 Å². The molecule has 10 nitrogen and oxygen atoms in total. The molecular weight excluding hydrogens is 442 g/mol. The molecule has 3 aromatic rings. The number of amides is 1. The smallest absolute Gasteiger partial charge is 0.322 e. The van der Waals surface area contributed by atoms with Gasteiger partial charge in [-0.3, -0.25) is 10.1 Å². The van der Waals surface area contributed by atoms with Crippen molar-refractivity contribution < 1.29 is 22.4 Å². The summed E-state index contributed by atoms with van der Waals surface area (Å²) in [5.41, 5.74) is 0.795. The maximum atomic E-state index is 12.9. The Morgan fingerprint density at radius 3 is 2.45 bits per heavy atom. The van der Waals surface area contributed by atoms with Crippen LogP contribution in [0.2, 0.25) is 0 Å². The van der Waals surface area contributed by atoms with Crippen molar-refractivity contribution in [2.45, 2.75) is 37.9 Å². The summed E-state index contributed by atoms with van der Waals surface area (Å²) in [6, 6.07) is 5.63. The van der Waals surface area contributed by atoms with E-state index in [4.69, 9.17) is 9.15 Å². The van der Waals surface area contributed by atoms with Crippen LogP contribution in [0.5, 0.6) is 0 Å². The highest BCUT2D eigenvalue weighted by Crippen LogP contribution is 2.23. The molecule has 3 heterocycles. The van der Waals surface area contributed by atoms with Gasteiger partial charge in [0.2, 0.25) is 10.0 Å². The number of aryl methyl sites for hydroxylation is 1. The molecule has 1 saturated heterocycles. The summed E-state index contributed by atoms with van der Waals surface area (Å²) in [5, 5.41) is 12.8. The zero-order valence-electron chi connectivity index (χ0n) is 17.1. The summed E-state index contributed by atoms with van der Waals surface area (Å²) in [4.78, 5) is 16.9. The number of nitrogens with zero attached hydrogens (tertiary/aromatic N) is 4. The van der Waals surface area contributed by atoms with Crippen molar-refractivity contribution in [1.82, 2.24) is 19.5 Å². The van der Waals surface area contributed by atoms with Crippen molar-refractivity contribution in [3.63, 3.8) is 0 Å². The standard InChI is InChI=1S/C19H21N5O5S2/c1-11-8-24(9-12(2)28-11)31(26,27)15-6-4-14(5-7-15)17(25)21-19-23-22-18(29-19)16-10-30-13(3)20-16/h4-7,10-12H,8-9H2,1-3H3,(H,21,23,25). The maximum Gasteiger partial charge on any atom is 0.322 e. The van der Waals surface area contributed by atoms with Gasteiger partial charge in [0.05, 0.1) is 22.1 Å². The lowest BCUT2D eigenvalue weighted by Gasteiger charge is -2.34. The second-order valence-corrected chi connectivity index (χ2v) is 10.2. The second-order valence-electron chi connectivity index (χ2n) is 7.22. The molecule has 0 saturated carbocycles. The lowest BCUT2D eigenvalue weighted by molar-refractivity contribution is -0.0440. The summed E-state index contributed by atoms with van der Waals surface area (Å²) in [6.07, 6.45) is -0.368. The average molecular weight is 464 g/mol. The van der Waals surface area contributed by atoms with Crippen molar-refractivity contribution in [1.29, 1.82) is 0 Å². The number of nitrogens with one attached hydrogen (secondary N) is 1. The summed E-state index contributed by atoms with van der Waals surface area (Å²) in [5.74, 6) is -0.294. The van der Waals surface area contributed by atoms with Crippen LogP contribution >= 0.6 is 11.3 Å². The number of hydrogen-bond acceptors (Lipinski definition) is 9. The maximum absolute atomic E-state index is 12.9. The Morgan fingerprint density at radius 1 is 1.16 bits per heavy atom. The Labute approximate surface area is 183 Å². The van der Waals surface area contributed by atoms with Gasteiger partial charge in [0.1, 0.15) is 5.69 Å². The number of thiazole rings is 1. The molecule has 0 aliphatic carbocycles. The fraction of sp³-hybridized carbons (Fsp3) is 0.368. The van der Waals surface area contributed by atoms with Gasteiger partial charge in [-0.05, 0) is 45.0 Å². The molecule has 1 aliphatic rings. The van der Waals surface area contributed by atoms with Gasteiger partial charge in [-0.15, -0.1) is 16.4 Å². The van der Waals surface area contributed by atoms with Crippen LogP contribution in [0.1, 0.15) is 29.2 Å². The first-order chi connectivity index (χ1) is 14.7. The van der Waals surface area contributed by atoms with E-state index < -0.39 is 15.9 Å². The van der Waals surface area contributed by atoms with Gasteiger partial charge >= 0.3 is 6.01 Å². The van der Waals surface area contributed by atoms with E-state index in [1.807, 2.05) is 20.8 Å². The van der Waals surface area contributed by atoms with Gasteiger partial charge < -0.3 is 9.15 Å². The van der Waals surface area contributed by atoms with Crippen LogP contribution in [0.4, 0.5) is 6.01 Å². The average Bonchev–Trinajstić information content (AvgIpc) is 3.36. The third-order valence-corrected chi connectivity index (χ3v) is 7.24. The van der Waals surface area contributed by atoms with Gasteiger partial charge in [-0.25, -0.2) is 13.4 Å². The lowest BCUT2D eigenvalue weighted by Crippen LogP contribution is -2.48. The molecule has 1 aliphatic heterocycles. The van der Waals surface area contributed by atoms with E-state index in [1.165, 1.54) is 39.9 Å². The Morgan fingerprint density at radius 2 is 1.84 bits per heavy atom. The minimum Gasteiger partial charge on any atom is -0.401 e. The summed E-state index contributed by atoms with van der Waals surface area (Å²) in [7, 11) is -3.68. The number of ether oxygens (including phenoxy) is 1. The number of hydrogen-bond donors (Lipinski definition) is 1. The van der Waals surface area contributed by atoms with Gasteiger partial charge in [0, 0.05) is 24.0 Å². The molecule has 2 atom stereocenters. The van der Waals surface area contributed by atoms with E-state index in [2.05, 4.69) is 20.5 Å². The molecule has 4 rings (SSSR count). The number of aromatic nitrogens is 3. The van der Waals surface area contributed by atoms with Gasteiger partial charge in [0.15, 0.2) is 0 Å². The largest absolute Gasteiger partial charge is 0.401 e. The van der Waals surface area contributed by atoms with Crippen LogP contribution in [-0.4, -0.2) is 59.1 Å². The Balaban J connectivity index is 1.45. The molecule has 164 valence electrons. The Bertz CT molecular complexity index is 1180. The van der Waals surface area contributed by atoms with E-state index in [9.17, 15) is 13.2 Å². The molecule has 0 radical (unpaired) electrons. The third kappa shape index (κ3) is 4.66. The normalized spacial score (nSPS) is 20.0. The molecule has 12 heteroatoms. The zero-order chi connectivity index (χ0) is 22.2. The van der Waals surface area contributed by atoms with Crippen LogP contribution in [0.25, 0.3) is 11.6 Å². The fourth-order valence-corrected chi connectivity index (χ4v) is 5.44. The SMILES string of the molecule is Cc1nc(-c2nnc(NC(=O)c3ccc(S(=O)(=O)N4CC(C)OC(C)C4)cc3)o2)cs1. The monoisotopic (exact) mass is 463 g/mol. The van der Waals surface area contributed by atoms with Crippen molar-refractivity contribution >= 4 is 33.3 Å². The molecule has 1 N–H and O–H groups in total. The summed E-state index contributed by atoms with van der Waals surface area (Å²) >= 11 is 1.45. The number of benzene rings is 1.